The molecule has 7 aliphatic rings. The average molecular weight is 869 g/mol. The molecule has 0 bridgehead atoms. The average Bonchev–Trinajstić information content (AvgIpc) is 3.62. The molecule has 3 unspecified atom stereocenters. The van der Waals surface area contributed by atoms with Gasteiger partial charge in [0.1, 0.15) is 0 Å². The highest BCUT2D eigenvalue weighted by molar-refractivity contribution is 7.71. The van der Waals surface area contributed by atoms with Crippen molar-refractivity contribution >= 4 is 69.1 Å². The van der Waals surface area contributed by atoms with Crippen molar-refractivity contribution in [2.24, 2.45) is 5.92 Å². The molecule has 0 amide bonds. The first-order chi connectivity index (χ1) is 32.5. The van der Waals surface area contributed by atoms with Crippen molar-refractivity contribution in [3.05, 3.63) is 232 Å². The summed E-state index contributed by atoms with van der Waals surface area (Å²) in [6.45, 7) is 4.84. The fourth-order valence-corrected chi connectivity index (χ4v) is 14.5. The molecule has 0 spiro atoms. The van der Waals surface area contributed by atoms with Gasteiger partial charge in [-0.15, -0.1) is 0 Å². The maximum atomic E-state index is 2.58. The van der Waals surface area contributed by atoms with Crippen LogP contribution in [-0.2, 0) is 5.41 Å². The van der Waals surface area contributed by atoms with Crippen molar-refractivity contribution in [1.82, 2.24) is 0 Å². The van der Waals surface area contributed by atoms with Gasteiger partial charge in [-0.1, -0.05) is 167 Å². The van der Waals surface area contributed by atoms with Gasteiger partial charge < -0.3 is 9.80 Å². The van der Waals surface area contributed by atoms with Crippen molar-refractivity contribution in [2.75, 3.05) is 9.80 Å². The van der Waals surface area contributed by atoms with Gasteiger partial charge in [0.15, 0.2) is 0 Å². The molecular formula is C63H53N2P. The zero-order valence-electron chi connectivity index (χ0n) is 37.8. The van der Waals surface area contributed by atoms with Gasteiger partial charge >= 0.3 is 0 Å². The minimum Gasteiger partial charge on any atom is -0.333 e. The third kappa shape index (κ3) is 6.37. The molecule has 3 atom stereocenters. The normalized spacial score (nSPS) is 21.2. The van der Waals surface area contributed by atoms with Crippen LogP contribution in [0.3, 0.4) is 0 Å². The number of nitrogens with zero attached hydrogens (tertiary/aromatic N) is 2. The highest BCUT2D eigenvalue weighted by Crippen LogP contribution is 2.58. The van der Waals surface area contributed by atoms with E-state index >= 15 is 0 Å². The van der Waals surface area contributed by atoms with Crippen LogP contribution in [-0.4, -0.2) is 6.04 Å². The maximum absolute atomic E-state index is 2.58. The van der Waals surface area contributed by atoms with Gasteiger partial charge in [0, 0.05) is 50.0 Å². The zero-order valence-corrected chi connectivity index (χ0v) is 38.7. The molecule has 13 rings (SSSR count). The number of para-hydroxylation sites is 1. The summed E-state index contributed by atoms with van der Waals surface area (Å²) >= 11 is 0. The van der Waals surface area contributed by atoms with Crippen molar-refractivity contribution < 1.29 is 0 Å². The lowest BCUT2D eigenvalue weighted by atomic mass is 9.81. The van der Waals surface area contributed by atoms with Crippen LogP contribution in [0.5, 0.6) is 0 Å². The second kappa shape index (κ2) is 15.6. The highest BCUT2D eigenvalue weighted by atomic mass is 31.1. The minimum atomic E-state index is -0.640. The quantitative estimate of drug-likeness (QED) is 0.159. The second-order valence-electron chi connectivity index (χ2n) is 19.4. The molecule has 5 aliphatic carbocycles. The Morgan fingerprint density at radius 3 is 2.24 bits per heavy atom. The number of anilines is 3. The number of hydrogen-bond donors (Lipinski definition) is 0. The smallest absolute Gasteiger partial charge is 0.0623 e. The Bertz CT molecular complexity index is 3410. The Morgan fingerprint density at radius 2 is 1.35 bits per heavy atom. The molecule has 2 aliphatic heterocycles. The van der Waals surface area contributed by atoms with Crippen LogP contribution in [0.15, 0.2) is 205 Å². The van der Waals surface area contributed by atoms with Gasteiger partial charge in [-0.25, -0.2) is 0 Å². The van der Waals surface area contributed by atoms with E-state index in [1.807, 2.05) is 0 Å². The molecule has 0 saturated heterocycles. The molecule has 0 N–H and O–H groups in total. The lowest BCUT2D eigenvalue weighted by molar-refractivity contribution is 0.660. The van der Waals surface area contributed by atoms with Crippen LogP contribution in [0, 0.1) is 5.92 Å². The van der Waals surface area contributed by atoms with Gasteiger partial charge in [0.25, 0.3) is 0 Å². The van der Waals surface area contributed by atoms with E-state index in [0.29, 0.717) is 5.92 Å². The Balaban J connectivity index is 0.867. The van der Waals surface area contributed by atoms with E-state index in [9.17, 15) is 0 Å². The first kappa shape index (κ1) is 39.5. The van der Waals surface area contributed by atoms with Crippen molar-refractivity contribution in [1.29, 1.82) is 0 Å². The van der Waals surface area contributed by atoms with Gasteiger partial charge in [0.05, 0.1) is 6.04 Å². The summed E-state index contributed by atoms with van der Waals surface area (Å²) in [5.41, 5.74) is 18.4. The largest absolute Gasteiger partial charge is 0.333 e. The Labute approximate surface area is 390 Å². The van der Waals surface area contributed by atoms with E-state index in [1.54, 1.807) is 0 Å². The fourth-order valence-electron chi connectivity index (χ4n) is 11.8. The van der Waals surface area contributed by atoms with E-state index in [0.717, 1.165) is 38.5 Å². The van der Waals surface area contributed by atoms with Crippen molar-refractivity contribution in [3.63, 3.8) is 0 Å². The summed E-state index contributed by atoms with van der Waals surface area (Å²) in [6, 6.07) is 38.1. The van der Waals surface area contributed by atoms with Gasteiger partial charge in [-0.2, -0.15) is 0 Å². The lowest BCUT2D eigenvalue weighted by Gasteiger charge is -2.35. The van der Waals surface area contributed by atoms with Crippen LogP contribution >= 0.6 is 7.53 Å². The molecule has 2 nitrogen and oxygen atoms in total. The molecule has 6 aromatic rings. The summed E-state index contributed by atoms with van der Waals surface area (Å²) in [6.07, 6.45) is 46.4. The summed E-state index contributed by atoms with van der Waals surface area (Å²) in [7, 11) is -0.640. The predicted octanol–water partition coefficient (Wildman–Crippen LogP) is 17.5. The SMILES string of the molecule is CC1(C)c2cc(/C=C/c3ccc4c(c3)c3cc(N5c6ccccc6C=CC6C=CC=CC65)ccc3p4C3=CCCC=C3)ccc2-c2ccc(N3C4=C(C=CC5=C3CCC=C5)CCC=C4)cc21. The number of allylic oxidation sites excluding steroid dienone is 15. The molecule has 3 heteroatoms. The molecule has 3 heterocycles. The monoisotopic (exact) mass is 868 g/mol. The summed E-state index contributed by atoms with van der Waals surface area (Å²) in [5, 5.41) is 7.16. The third-order valence-electron chi connectivity index (χ3n) is 15.2. The summed E-state index contributed by atoms with van der Waals surface area (Å²) in [5.74, 6) is 0.300. The lowest BCUT2D eigenvalue weighted by Crippen LogP contribution is -2.35. The molecule has 0 fully saturated rings. The standard InChI is InChI=1S/C63H53N2P/c1-63(2)55-39-43(26-34-51(55)52-35-32-49(41-56(52)63)65-59-22-12-8-16-46(59)30-31-47-17-9-13-23-60(47)65)25-24-42-27-36-61-53(38-42)54-40-48(33-37-62(54)66(61)50-18-4-3-5-19-50)64-57-20-10-6-14-44(57)28-29-45-15-7-11-21-58(45)64/h4,6-8,10-11,13-16,18-21,23-41,44,57H,3,5,9,12,17,22H2,1-2H3/b25-24+. The van der Waals surface area contributed by atoms with Crippen LogP contribution < -0.4 is 9.80 Å². The Hall–Kier alpha value is -6.86. The highest BCUT2D eigenvalue weighted by Gasteiger charge is 2.37. The van der Waals surface area contributed by atoms with Crippen LogP contribution in [0.1, 0.15) is 80.2 Å². The molecule has 1 aromatic heterocycles. The molecular weight excluding hydrogens is 816 g/mol. The number of benzene rings is 5. The first-order valence-electron chi connectivity index (χ1n) is 24.1. The summed E-state index contributed by atoms with van der Waals surface area (Å²) in [4.78, 5) is 5.15. The van der Waals surface area contributed by atoms with Crippen LogP contribution in [0.4, 0.5) is 17.1 Å². The van der Waals surface area contributed by atoms with E-state index in [-0.39, 0.29) is 11.5 Å². The van der Waals surface area contributed by atoms with Crippen LogP contribution in [0.25, 0.3) is 55.7 Å². The van der Waals surface area contributed by atoms with Gasteiger partial charge in [-0.05, 0) is 159 Å². The minimum absolute atomic E-state index is 0.139. The van der Waals surface area contributed by atoms with Gasteiger partial charge in [0.2, 0.25) is 0 Å². The van der Waals surface area contributed by atoms with Crippen molar-refractivity contribution in [2.45, 2.75) is 63.8 Å². The zero-order chi connectivity index (χ0) is 43.9. The molecule has 320 valence electrons. The maximum Gasteiger partial charge on any atom is 0.0623 e. The number of hydrogen-bond acceptors (Lipinski definition) is 2. The second-order valence-corrected chi connectivity index (χ2v) is 21.6. The predicted molar refractivity (Wildman–Crippen MR) is 285 cm³/mol. The fraction of sp³-hybridized carbons (Fsp3) is 0.175. The third-order valence-corrected chi connectivity index (χ3v) is 17.8. The van der Waals surface area contributed by atoms with E-state index in [4.69, 9.17) is 0 Å². The van der Waals surface area contributed by atoms with Crippen molar-refractivity contribution in [3.8, 4) is 11.1 Å². The molecule has 0 radical (unpaired) electrons. The number of rotatable bonds is 5. The van der Waals surface area contributed by atoms with Crippen LogP contribution in [0.2, 0.25) is 0 Å². The molecule has 0 saturated carbocycles. The first-order valence-corrected chi connectivity index (χ1v) is 25.4. The Morgan fingerprint density at radius 1 is 0.606 bits per heavy atom. The summed E-state index contributed by atoms with van der Waals surface area (Å²) < 4.78 is 0. The molecule has 5 aromatic carbocycles. The van der Waals surface area contributed by atoms with E-state index < -0.39 is 7.53 Å². The Kier molecular flexibility index (Phi) is 9.37. The van der Waals surface area contributed by atoms with E-state index in [2.05, 4.69) is 224 Å². The topological polar surface area (TPSA) is 6.48 Å². The number of fused-ring (bicyclic) bond motifs is 8. The molecule has 66 heavy (non-hydrogen) atoms. The van der Waals surface area contributed by atoms with Gasteiger partial charge in [-0.3, -0.25) is 0 Å². The van der Waals surface area contributed by atoms with E-state index in [1.165, 1.54) is 105 Å².